The van der Waals surface area contributed by atoms with E-state index < -0.39 is 0 Å². The second kappa shape index (κ2) is 6.90. The fraction of sp³-hybridized carbons (Fsp3) is 0.267. The summed E-state index contributed by atoms with van der Waals surface area (Å²) >= 11 is 12.3. The Labute approximate surface area is 123 Å². The molecule has 4 heteroatoms. The summed E-state index contributed by atoms with van der Waals surface area (Å²) in [6.45, 7) is 3.05. The summed E-state index contributed by atoms with van der Waals surface area (Å²) in [5, 5.41) is 4.89. The van der Waals surface area contributed by atoms with Gasteiger partial charge >= 0.3 is 0 Å². The molecule has 1 atom stereocenters. The van der Waals surface area contributed by atoms with Crippen LogP contribution in [0.1, 0.15) is 30.5 Å². The van der Waals surface area contributed by atoms with Crippen LogP contribution in [0.2, 0.25) is 10.0 Å². The molecule has 0 radical (unpaired) electrons. The molecule has 0 aliphatic rings. The summed E-state index contributed by atoms with van der Waals surface area (Å²) in [6, 6.07) is 9.82. The minimum atomic E-state index is 0.0362. The molecule has 0 aliphatic carbocycles. The highest BCUT2D eigenvalue weighted by molar-refractivity contribution is 6.31. The summed E-state index contributed by atoms with van der Waals surface area (Å²) in [6.07, 6.45) is 4.48. The largest absolute Gasteiger partial charge is 0.306 e. The van der Waals surface area contributed by atoms with E-state index in [2.05, 4.69) is 23.3 Å². The SMILES string of the molecule is CCCNC(c1cccc(Cl)c1)c1ccncc1Cl. The monoisotopic (exact) mass is 294 g/mol. The first kappa shape index (κ1) is 14.3. The van der Waals surface area contributed by atoms with Crippen LogP contribution in [-0.4, -0.2) is 11.5 Å². The molecule has 1 aromatic heterocycles. The molecule has 1 unspecified atom stereocenters. The molecule has 0 saturated heterocycles. The van der Waals surface area contributed by atoms with Crippen LogP contribution in [0.3, 0.4) is 0 Å². The lowest BCUT2D eigenvalue weighted by atomic mass is 9.99. The van der Waals surface area contributed by atoms with E-state index in [4.69, 9.17) is 23.2 Å². The van der Waals surface area contributed by atoms with Gasteiger partial charge in [0, 0.05) is 17.4 Å². The van der Waals surface area contributed by atoms with Crippen molar-refractivity contribution in [2.75, 3.05) is 6.54 Å². The van der Waals surface area contributed by atoms with Crippen LogP contribution in [0.15, 0.2) is 42.7 Å². The van der Waals surface area contributed by atoms with E-state index in [1.54, 1.807) is 12.4 Å². The van der Waals surface area contributed by atoms with Crippen LogP contribution in [0.25, 0.3) is 0 Å². The van der Waals surface area contributed by atoms with Crippen molar-refractivity contribution >= 4 is 23.2 Å². The third-order valence-electron chi connectivity index (χ3n) is 2.90. The number of rotatable bonds is 5. The number of hydrogen-bond donors (Lipinski definition) is 1. The minimum Gasteiger partial charge on any atom is -0.306 e. The van der Waals surface area contributed by atoms with Crippen LogP contribution in [0.4, 0.5) is 0 Å². The minimum absolute atomic E-state index is 0.0362. The van der Waals surface area contributed by atoms with E-state index in [0.29, 0.717) is 5.02 Å². The van der Waals surface area contributed by atoms with Gasteiger partial charge in [0.15, 0.2) is 0 Å². The van der Waals surface area contributed by atoms with E-state index in [1.165, 1.54) is 0 Å². The zero-order valence-electron chi connectivity index (χ0n) is 10.7. The third-order valence-corrected chi connectivity index (χ3v) is 3.45. The van der Waals surface area contributed by atoms with Crippen molar-refractivity contribution in [2.24, 2.45) is 0 Å². The second-order valence-corrected chi connectivity index (χ2v) is 5.18. The molecular formula is C15H16Cl2N2. The van der Waals surface area contributed by atoms with Crippen molar-refractivity contribution in [3.63, 3.8) is 0 Å². The highest BCUT2D eigenvalue weighted by atomic mass is 35.5. The van der Waals surface area contributed by atoms with Gasteiger partial charge < -0.3 is 5.32 Å². The lowest BCUT2D eigenvalue weighted by molar-refractivity contribution is 0.598. The highest BCUT2D eigenvalue weighted by Crippen LogP contribution is 2.28. The zero-order valence-corrected chi connectivity index (χ0v) is 12.2. The molecule has 2 nitrogen and oxygen atoms in total. The number of aromatic nitrogens is 1. The van der Waals surface area contributed by atoms with Gasteiger partial charge in [-0.3, -0.25) is 4.98 Å². The summed E-state index contributed by atoms with van der Waals surface area (Å²) in [7, 11) is 0. The van der Waals surface area contributed by atoms with E-state index in [9.17, 15) is 0 Å². The number of benzene rings is 1. The molecule has 19 heavy (non-hydrogen) atoms. The number of pyridine rings is 1. The second-order valence-electron chi connectivity index (χ2n) is 4.34. The lowest BCUT2D eigenvalue weighted by Gasteiger charge is -2.20. The van der Waals surface area contributed by atoms with Crippen LogP contribution in [0.5, 0.6) is 0 Å². The average molecular weight is 295 g/mol. The Kier molecular flexibility index (Phi) is 5.20. The summed E-state index contributed by atoms with van der Waals surface area (Å²) in [5.41, 5.74) is 2.13. The fourth-order valence-corrected chi connectivity index (χ4v) is 2.43. The molecule has 0 amide bonds. The van der Waals surface area contributed by atoms with Gasteiger partial charge in [-0.15, -0.1) is 0 Å². The smallest absolute Gasteiger partial charge is 0.0640 e. The molecule has 0 saturated carbocycles. The zero-order chi connectivity index (χ0) is 13.7. The first-order chi connectivity index (χ1) is 9.22. The van der Waals surface area contributed by atoms with Gasteiger partial charge in [0.2, 0.25) is 0 Å². The van der Waals surface area contributed by atoms with E-state index in [1.807, 2.05) is 24.3 Å². The molecule has 100 valence electrons. The summed E-state index contributed by atoms with van der Waals surface area (Å²) in [4.78, 5) is 4.03. The van der Waals surface area contributed by atoms with Crippen LogP contribution in [-0.2, 0) is 0 Å². The predicted molar refractivity (Wildman–Crippen MR) is 80.8 cm³/mol. The van der Waals surface area contributed by atoms with Gasteiger partial charge in [0.1, 0.15) is 0 Å². The molecule has 1 heterocycles. The Morgan fingerprint density at radius 3 is 2.79 bits per heavy atom. The fourth-order valence-electron chi connectivity index (χ4n) is 2.00. The normalized spacial score (nSPS) is 12.4. The molecule has 0 spiro atoms. The molecular weight excluding hydrogens is 279 g/mol. The molecule has 1 aromatic carbocycles. The number of nitrogens with zero attached hydrogens (tertiary/aromatic N) is 1. The summed E-state index contributed by atoms with van der Waals surface area (Å²) in [5.74, 6) is 0. The van der Waals surface area contributed by atoms with Gasteiger partial charge in [0.05, 0.1) is 11.1 Å². The first-order valence-corrected chi connectivity index (χ1v) is 7.06. The molecule has 0 fully saturated rings. The van der Waals surface area contributed by atoms with Crippen LogP contribution in [0, 0.1) is 0 Å². The van der Waals surface area contributed by atoms with Crippen LogP contribution < -0.4 is 5.32 Å². The van der Waals surface area contributed by atoms with Gasteiger partial charge in [-0.2, -0.15) is 0 Å². The number of nitrogens with one attached hydrogen (secondary N) is 1. The van der Waals surface area contributed by atoms with E-state index in [0.717, 1.165) is 29.1 Å². The predicted octanol–water partition coefficient (Wildman–Crippen LogP) is 4.48. The Bertz CT molecular complexity index is 543. The van der Waals surface area contributed by atoms with Crippen molar-refractivity contribution in [3.8, 4) is 0 Å². The Hall–Kier alpha value is -1.09. The molecule has 2 aromatic rings. The molecule has 0 aliphatic heterocycles. The van der Waals surface area contributed by atoms with Gasteiger partial charge in [-0.25, -0.2) is 0 Å². The van der Waals surface area contributed by atoms with Crippen LogP contribution >= 0.6 is 23.2 Å². The van der Waals surface area contributed by atoms with Crippen molar-refractivity contribution in [1.29, 1.82) is 0 Å². The number of halogens is 2. The Balaban J connectivity index is 2.38. The average Bonchev–Trinajstić information content (AvgIpc) is 2.41. The maximum Gasteiger partial charge on any atom is 0.0640 e. The molecule has 0 bridgehead atoms. The van der Waals surface area contributed by atoms with Crippen molar-refractivity contribution in [1.82, 2.24) is 10.3 Å². The quantitative estimate of drug-likeness (QED) is 0.880. The maximum atomic E-state index is 6.25. The Morgan fingerprint density at radius 2 is 2.11 bits per heavy atom. The highest BCUT2D eigenvalue weighted by Gasteiger charge is 2.16. The van der Waals surface area contributed by atoms with Crippen molar-refractivity contribution < 1.29 is 0 Å². The topological polar surface area (TPSA) is 24.9 Å². The van der Waals surface area contributed by atoms with E-state index in [-0.39, 0.29) is 6.04 Å². The van der Waals surface area contributed by atoms with Crippen molar-refractivity contribution in [2.45, 2.75) is 19.4 Å². The third kappa shape index (κ3) is 3.69. The summed E-state index contributed by atoms with van der Waals surface area (Å²) < 4.78 is 0. The molecule has 1 N–H and O–H groups in total. The lowest BCUT2D eigenvalue weighted by Crippen LogP contribution is -2.23. The van der Waals surface area contributed by atoms with Crippen molar-refractivity contribution in [3.05, 3.63) is 63.9 Å². The standard InChI is InChI=1S/C15H16Cl2N2/c1-2-7-19-15(11-4-3-5-12(16)9-11)13-6-8-18-10-14(13)17/h3-6,8-10,15,19H,2,7H2,1H3. The molecule has 2 rings (SSSR count). The Morgan fingerprint density at radius 1 is 1.26 bits per heavy atom. The van der Waals surface area contributed by atoms with Gasteiger partial charge in [0.25, 0.3) is 0 Å². The van der Waals surface area contributed by atoms with Gasteiger partial charge in [-0.05, 0) is 42.3 Å². The van der Waals surface area contributed by atoms with Gasteiger partial charge in [-0.1, -0.05) is 42.3 Å². The first-order valence-electron chi connectivity index (χ1n) is 6.30. The number of hydrogen-bond acceptors (Lipinski definition) is 2. The van der Waals surface area contributed by atoms with E-state index >= 15 is 0 Å². The maximum absolute atomic E-state index is 6.25.